The summed E-state index contributed by atoms with van der Waals surface area (Å²) in [5, 5.41) is 9.88. The zero-order valence-electron chi connectivity index (χ0n) is 9.08. The van der Waals surface area contributed by atoms with Crippen molar-refractivity contribution < 1.29 is 9.84 Å². The number of aliphatic hydroxyl groups excluding tert-OH is 1. The topological polar surface area (TPSA) is 29.5 Å². The Balaban J connectivity index is 2.97. The number of hydrogen-bond donors (Lipinski definition) is 1. The highest BCUT2D eigenvalue weighted by Gasteiger charge is 2.11. The number of hydrogen-bond acceptors (Lipinski definition) is 2. The normalized spacial score (nSPS) is 12.6. The molecule has 0 aliphatic rings. The SMILES string of the molecule is CCC[C@@H](O)c1cc(C)ccc1OC. The van der Waals surface area contributed by atoms with Gasteiger partial charge in [0, 0.05) is 5.56 Å². The monoisotopic (exact) mass is 194 g/mol. The second-order valence-corrected chi connectivity index (χ2v) is 3.55. The molecule has 1 atom stereocenters. The predicted molar refractivity (Wildman–Crippen MR) is 57.6 cm³/mol. The lowest BCUT2D eigenvalue weighted by molar-refractivity contribution is 0.162. The molecule has 1 N–H and O–H groups in total. The van der Waals surface area contributed by atoms with Crippen LogP contribution in [0.3, 0.4) is 0 Å². The molecule has 0 unspecified atom stereocenters. The summed E-state index contributed by atoms with van der Waals surface area (Å²) >= 11 is 0. The Morgan fingerprint density at radius 2 is 2.14 bits per heavy atom. The molecule has 0 aromatic heterocycles. The lowest BCUT2D eigenvalue weighted by Gasteiger charge is -2.14. The Morgan fingerprint density at radius 1 is 1.43 bits per heavy atom. The van der Waals surface area contributed by atoms with Crippen LogP contribution < -0.4 is 4.74 Å². The molecular formula is C12H18O2. The number of aryl methyl sites for hydroxylation is 1. The molecule has 78 valence electrons. The third kappa shape index (κ3) is 2.48. The van der Waals surface area contributed by atoms with Crippen molar-refractivity contribution in [3.63, 3.8) is 0 Å². The van der Waals surface area contributed by atoms with Crippen LogP contribution in [0.5, 0.6) is 5.75 Å². The van der Waals surface area contributed by atoms with Crippen LogP contribution in [-0.4, -0.2) is 12.2 Å². The summed E-state index contributed by atoms with van der Waals surface area (Å²) in [6, 6.07) is 5.88. The Hall–Kier alpha value is -1.02. The van der Waals surface area contributed by atoms with Gasteiger partial charge in [0.05, 0.1) is 13.2 Å². The van der Waals surface area contributed by atoms with Crippen LogP contribution in [0.15, 0.2) is 18.2 Å². The first-order valence-electron chi connectivity index (χ1n) is 5.01. The highest BCUT2D eigenvalue weighted by atomic mass is 16.5. The summed E-state index contributed by atoms with van der Waals surface area (Å²) in [7, 11) is 1.63. The highest BCUT2D eigenvalue weighted by molar-refractivity contribution is 5.38. The van der Waals surface area contributed by atoms with Crippen LogP contribution >= 0.6 is 0 Å². The van der Waals surface area contributed by atoms with Gasteiger partial charge >= 0.3 is 0 Å². The van der Waals surface area contributed by atoms with Gasteiger partial charge in [0.15, 0.2) is 0 Å². The third-order valence-electron chi connectivity index (χ3n) is 2.31. The maximum atomic E-state index is 9.88. The first-order chi connectivity index (χ1) is 6.69. The molecule has 2 nitrogen and oxygen atoms in total. The van der Waals surface area contributed by atoms with Gasteiger partial charge in [-0.25, -0.2) is 0 Å². The average molecular weight is 194 g/mol. The van der Waals surface area contributed by atoms with E-state index < -0.39 is 6.10 Å². The van der Waals surface area contributed by atoms with Crippen molar-refractivity contribution in [3.8, 4) is 5.75 Å². The van der Waals surface area contributed by atoms with Crippen molar-refractivity contribution in [1.82, 2.24) is 0 Å². The van der Waals surface area contributed by atoms with Crippen LogP contribution in [0.1, 0.15) is 37.0 Å². The first kappa shape index (κ1) is 11.1. The van der Waals surface area contributed by atoms with Crippen LogP contribution in [0.4, 0.5) is 0 Å². The van der Waals surface area contributed by atoms with Gasteiger partial charge in [0.25, 0.3) is 0 Å². The van der Waals surface area contributed by atoms with E-state index in [2.05, 4.69) is 6.92 Å². The van der Waals surface area contributed by atoms with Crippen molar-refractivity contribution in [2.75, 3.05) is 7.11 Å². The van der Waals surface area contributed by atoms with Crippen molar-refractivity contribution >= 4 is 0 Å². The maximum Gasteiger partial charge on any atom is 0.124 e. The summed E-state index contributed by atoms with van der Waals surface area (Å²) in [6.07, 6.45) is 1.34. The molecule has 1 aromatic rings. The van der Waals surface area contributed by atoms with Gasteiger partial charge in [-0.2, -0.15) is 0 Å². The molecule has 0 amide bonds. The molecule has 0 fully saturated rings. The van der Waals surface area contributed by atoms with Crippen molar-refractivity contribution in [1.29, 1.82) is 0 Å². The van der Waals surface area contributed by atoms with E-state index >= 15 is 0 Å². The van der Waals surface area contributed by atoms with Gasteiger partial charge in [-0.3, -0.25) is 0 Å². The highest BCUT2D eigenvalue weighted by Crippen LogP contribution is 2.28. The van der Waals surface area contributed by atoms with Crippen molar-refractivity contribution in [3.05, 3.63) is 29.3 Å². The van der Waals surface area contributed by atoms with Crippen molar-refractivity contribution in [2.24, 2.45) is 0 Å². The molecule has 0 radical (unpaired) electrons. The molecule has 14 heavy (non-hydrogen) atoms. The maximum absolute atomic E-state index is 9.88. The number of rotatable bonds is 4. The lowest BCUT2D eigenvalue weighted by atomic mass is 10.0. The summed E-state index contributed by atoms with van der Waals surface area (Å²) in [4.78, 5) is 0. The first-order valence-corrected chi connectivity index (χ1v) is 5.01. The Bertz CT molecular complexity index is 294. The lowest BCUT2D eigenvalue weighted by Crippen LogP contribution is -2.00. The molecular weight excluding hydrogens is 176 g/mol. The van der Waals surface area contributed by atoms with E-state index in [1.807, 2.05) is 25.1 Å². The fraction of sp³-hybridized carbons (Fsp3) is 0.500. The van der Waals surface area contributed by atoms with E-state index in [-0.39, 0.29) is 0 Å². The fourth-order valence-electron chi connectivity index (χ4n) is 1.54. The second-order valence-electron chi connectivity index (χ2n) is 3.55. The van der Waals surface area contributed by atoms with Gasteiger partial charge in [-0.1, -0.05) is 25.0 Å². The summed E-state index contributed by atoms with van der Waals surface area (Å²) in [6.45, 7) is 4.08. The zero-order valence-corrected chi connectivity index (χ0v) is 9.08. The van der Waals surface area contributed by atoms with E-state index in [9.17, 15) is 5.11 Å². The van der Waals surface area contributed by atoms with Crippen LogP contribution in [-0.2, 0) is 0 Å². The number of aliphatic hydroxyl groups is 1. The van der Waals surface area contributed by atoms with Gasteiger partial charge in [-0.05, 0) is 25.5 Å². The number of ether oxygens (including phenoxy) is 1. The predicted octanol–water partition coefficient (Wildman–Crippen LogP) is 2.84. The van der Waals surface area contributed by atoms with E-state index in [0.29, 0.717) is 0 Å². The fourth-order valence-corrected chi connectivity index (χ4v) is 1.54. The molecule has 0 bridgehead atoms. The largest absolute Gasteiger partial charge is 0.496 e. The van der Waals surface area contributed by atoms with Gasteiger partial charge in [0.1, 0.15) is 5.75 Å². The van der Waals surface area contributed by atoms with Gasteiger partial charge in [0.2, 0.25) is 0 Å². The number of methoxy groups -OCH3 is 1. The second kappa shape index (κ2) is 5.01. The minimum absolute atomic E-state index is 0.408. The molecule has 0 spiro atoms. The molecule has 1 aromatic carbocycles. The molecule has 1 rings (SSSR count). The molecule has 0 saturated carbocycles. The summed E-state index contributed by atoms with van der Waals surface area (Å²) in [5.41, 5.74) is 2.05. The quantitative estimate of drug-likeness (QED) is 0.798. The standard InChI is InChI=1S/C12H18O2/c1-4-5-11(13)10-8-9(2)6-7-12(10)14-3/h6-8,11,13H,4-5H2,1-3H3/t11-/m1/s1. The molecule has 2 heteroatoms. The Labute approximate surface area is 85.5 Å². The van der Waals surface area contributed by atoms with E-state index in [1.165, 1.54) is 0 Å². The molecule has 0 saturated heterocycles. The minimum Gasteiger partial charge on any atom is -0.496 e. The summed E-state index contributed by atoms with van der Waals surface area (Å²) < 4.78 is 5.21. The average Bonchev–Trinajstić information content (AvgIpc) is 2.18. The molecule has 0 aliphatic heterocycles. The zero-order chi connectivity index (χ0) is 10.6. The minimum atomic E-state index is -0.408. The van der Waals surface area contributed by atoms with Crippen molar-refractivity contribution in [2.45, 2.75) is 32.8 Å². The van der Waals surface area contributed by atoms with Crippen LogP contribution in [0, 0.1) is 6.92 Å². The Kier molecular flexibility index (Phi) is 3.96. The van der Waals surface area contributed by atoms with E-state index in [0.717, 1.165) is 29.7 Å². The van der Waals surface area contributed by atoms with Crippen LogP contribution in [0.25, 0.3) is 0 Å². The van der Waals surface area contributed by atoms with Gasteiger partial charge < -0.3 is 9.84 Å². The van der Waals surface area contributed by atoms with E-state index in [4.69, 9.17) is 4.74 Å². The van der Waals surface area contributed by atoms with E-state index in [1.54, 1.807) is 7.11 Å². The smallest absolute Gasteiger partial charge is 0.124 e. The Morgan fingerprint density at radius 3 is 2.71 bits per heavy atom. The van der Waals surface area contributed by atoms with Crippen LogP contribution in [0.2, 0.25) is 0 Å². The molecule has 0 aliphatic carbocycles. The number of benzene rings is 1. The third-order valence-corrected chi connectivity index (χ3v) is 2.31. The summed E-state index contributed by atoms with van der Waals surface area (Å²) in [5.74, 6) is 0.775. The molecule has 0 heterocycles. The van der Waals surface area contributed by atoms with Gasteiger partial charge in [-0.15, -0.1) is 0 Å².